The first kappa shape index (κ1) is 21.1. The minimum absolute atomic E-state index is 0.0247. The van der Waals surface area contributed by atoms with Crippen molar-refractivity contribution in [1.82, 2.24) is 9.55 Å². The van der Waals surface area contributed by atoms with E-state index in [1.807, 2.05) is 13.0 Å². The minimum Gasteiger partial charge on any atom is -0.464 e. The number of hydrogen-bond donors (Lipinski definition) is 3. The third-order valence-electron chi connectivity index (χ3n) is 4.96. The summed E-state index contributed by atoms with van der Waals surface area (Å²) < 4.78 is 12.5. The van der Waals surface area contributed by atoms with Gasteiger partial charge in [0.2, 0.25) is 5.91 Å². The van der Waals surface area contributed by atoms with E-state index in [0.717, 1.165) is 18.5 Å². The fourth-order valence-electron chi connectivity index (χ4n) is 3.64. The second-order valence-electron chi connectivity index (χ2n) is 7.29. The molecule has 0 spiro atoms. The predicted molar refractivity (Wildman–Crippen MR) is 109 cm³/mol. The smallest absolute Gasteiger partial charge is 0.356 e. The topological polar surface area (TPSA) is 115 Å². The van der Waals surface area contributed by atoms with Crippen LogP contribution in [0.15, 0.2) is 12.3 Å². The number of anilines is 2. The van der Waals surface area contributed by atoms with Gasteiger partial charge in [-0.3, -0.25) is 4.79 Å². The van der Waals surface area contributed by atoms with Crippen LogP contribution in [0.2, 0.25) is 0 Å². The highest BCUT2D eigenvalue weighted by Gasteiger charge is 2.28. The second kappa shape index (κ2) is 9.23. The van der Waals surface area contributed by atoms with E-state index in [1.165, 1.54) is 14.0 Å². The van der Waals surface area contributed by atoms with Crippen molar-refractivity contribution in [2.24, 2.45) is 0 Å². The van der Waals surface area contributed by atoms with Gasteiger partial charge in [0.1, 0.15) is 5.65 Å². The monoisotopic (exact) mass is 404 g/mol. The van der Waals surface area contributed by atoms with E-state index in [9.17, 15) is 9.59 Å². The normalized spacial score (nSPS) is 17.3. The van der Waals surface area contributed by atoms with Gasteiger partial charge in [-0.05, 0) is 32.3 Å². The highest BCUT2D eigenvalue weighted by molar-refractivity contribution is 6.10. The van der Waals surface area contributed by atoms with Gasteiger partial charge in [-0.1, -0.05) is 0 Å². The summed E-state index contributed by atoms with van der Waals surface area (Å²) in [5.41, 5.74) is 1.94. The molecule has 3 N–H and O–H groups in total. The number of esters is 1. The number of pyridine rings is 1. The van der Waals surface area contributed by atoms with E-state index in [4.69, 9.17) is 14.6 Å². The van der Waals surface area contributed by atoms with Gasteiger partial charge in [-0.2, -0.15) is 0 Å². The van der Waals surface area contributed by atoms with Crippen molar-refractivity contribution in [2.45, 2.75) is 51.8 Å². The molecule has 1 amide bonds. The largest absolute Gasteiger partial charge is 0.464 e. The Labute approximate surface area is 169 Å². The molecule has 0 saturated carbocycles. The van der Waals surface area contributed by atoms with Crippen LogP contribution in [-0.4, -0.2) is 59.0 Å². The Morgan fingerprint density at radius 1 is 1.48 bits per heavy atom. The number of hydrogen-bond acceptors (Lipinski definition) is 7. The molecule has 3 heterocycles. The molecule has 0 unspecified atom stereocenters. The van der Waals surface area contributed by atoms with Crippen molar-refractivity contribution in [3.63, 3.8) is 0 Å². The molecule has 1 fully saturated rings. The summed E-state index contributed by atoms with van der Waals surface area (Å²) in [7, 11) is 1.31. The van der Waals surface area contributed by atoms with Crippen LogP contribution in [0.5, 0.6) is 0 Å². The Hall–Kier alpha value is -2.65. The zero-order valence-electron chi connectivity index (χ0n) is 17.0. The number of fused-ring (bicyclic) bond motifs is 1. The number of rotatable bonds is 8. The number of nitrogens with zero attached hydrogens (tertiary/aromatic N) is 2. The van der Waals surface area contributed by atoms with Crippen LogP contribution in [0.4, 0.5) is 11.4 Å². The number of methoxy groups -OCH3 is 1. The van der Waals surface area contributed by atoms with E-state index in [1.54, 1.807) is 10.8 Å². The molecule has 1 aliphatic heterocycles. The zero-order valence-corrected chi connectivity index (χ0v) is 17.0. The zero-order chi connectivity index (χ0) is 21.0. The third-order valence-corrected chi connectivity index (χ3v) is 4.96. The van der Waals surface area contributed by atoms with Gasteiger partial charge in [0.05, 0.1) is 37.3 Å². The van der Waals surface area contributed by atoms with Gasteiger partial charge >= 0.3 is 5.97 Å². The van der Waals surface area contributed by atoms with Crippen LogP contribution in [0.3, 0.4) is 0 Å². The lowest BCUT2D eigenvalue weighted by Gasteiger charge is -2.15. The molecular formula is C20H28N4O5. The first-order chi connectivity index (χ1) is 13.9. The third kappa shape index (κ3) is 4.68. The van der Waals surface area contributed by atoms with Crippen LogP contribution in [0.1, 0.15) is 43.6 Å². The van der Waals surface area contributed by atoms with Crippen molar-refractivity contribution in [1.29, 1.82) is 0 Å². The number of nitrogens with one attached hydrogen (secondary N) is 2. The minimum atomic E-state index is -0.548. The fraction of sp³-hybridized carbons (Fsp3) is 0.550. The molecule has 1 saturated heterocycles. The Kier molecular flexibility index (Phi) is 6.71. The standard InChI is InChI=1S/C20H28N4O5/c1-12(6-7-25)22-14-9-16-17(23-13(2)26)18(20(27)28-3)24(19(16)21-10-14)11-15-5-4-8-29-15/h9-10,12,15,22,25H,4-8,11H2,1-3H3,(H,23,26)/t12-,15-/m0/s1. The van der Waals surface area contributed by atoms with E-state index in [2.05, 4.69) is 15.6 Å². The number of aromatic nitrogens is 2. The summed E-state index contributed by atoms with van der Waals surface area (Å²) in [4.78, 5) is 29.0. The van der Waals surface area contributed by atoms with Gasteiger partial charge in [0.25, 0.3) is 0 Å². The Bertz CT molecular complexity index is 889. The van der Waals surface area contributed by atoms with Crippen LogP contribution in [-0.2, 0) is 20.8 Å². The number of aliphatic hydroxyl groups excluding tert-OH is 1. The van der Waals surface area contributed by atoms with E-state index in [0.29, 0.717) is 36.3 Å². The lowest BCUT2D eigenvalue weighted by molar-refractivity contribution is -0.114. The van der Waals surface area contributed by atoms with Gasteiger partial charge in [0.15, 0.2) is 5.69 Å². The molecule has 0 aliphatic carbocycles. The molecule has 9 heteroatoms. The summed E-state index contributed by atoms with van der Waals surface area (Å²) in [5, 5.41) is 15.8. The molecule has 3 rings (SSSR count). The molecule has 1 aliphatic rings. The molecule has 2 atom stereocenters. The average molecular weight is 404 g/mol. The number of ether oxygens (including phenoxy) is 2. The SMILES string of the molecule is COC(=O)c1c(NC(C)=O)c2cc(N[C@@H](C)CCO)cnc2n1C[C@@H]1CCCO1. The summed E-state index contributed by atoms with van der Waals surface area (Å²) in [6.45, 7) is 4.56. The van der Waals surface area contributed by atoms with Crippen LogP contribution >= 0.6 is 0 Å². The quantitative estimate of drug-likeness (QED) is 0.578. The highest BCUT2D eigenvalue weighted by Crippen LogP contribution is 2.34. The molecule has 2 aromatic heterocycles. The number of amides is 1. The fourth-order valence-corrected chi connectivity index (χ4v) is 3.64. The predicted octanol–water partition coefficient (Wildman–Crippen LogP) is 2.14. The van der Waals surface area contributed by atoms with Crippen molar-refractivity contribution in [2.75, 3.05) is 31.0 Å². The van der Waals surface area contributed by atoms with Crippen molar-refractivity contribution >= 4 is 34.3 Å². The summed E-state index contributed by atoms with van der Waals surface area (Å²) >= 11 is 0. The summed E-state index contributed by atoms with van der Waals surface area (Å²) in [5.74, 6) is -0.841. The molecule has 9 nitrogen and oxygen atoms in total. The van der Waals surface area contributed by atoms with E-state index >= 15 is 0 Å². The lowest BCUT2D eigenvalue weighted by atomic mass is 10.2. The van der Waals surface area contributed by atoms with Gasteiger partial charge in [-0.25, -0.2) is 9.78 Å². The Balaban J connectivity index is 2.12. The van der Waals surface area contributed by atoms with Crippen LogP contribution < -0.4 is 10.6 Å². The Morgan fingerprint density at radius 2 is 2.28 bits per heavy atom. The van der Waals surface area contributed by atoms with Gasteiger partial charge in [-0.15, -0.1) is 0 Å². The maximum Gasteiger partial charge on any atom is 0.356 e. The van der Waals surface area contributed by atoms with Gasteiger partial charge < -0.3 is 29.8 Å². The summed E-state index contributed by atoms with van der Waals surface area (Å²) in [6, 6.07) is 1.89. The maximum atomic E-state index is 12.6. The number of aliphatic hydroxyl groups is 1. The lowest BCUT2D eigenvalue weighted by Crippen LogP contribution is -2.21. The number of carbonyl (C=O) groups is 2. The second-order valence-corrected chi connectivity index (χ2v) is 7.29. The molecule has 2 aromatic rings. The van der Waals surface area contributed by atoms with Crippen molar-refractivity contribution < 1.29 is 24.2 Å². The maximum absolute atomic E-state index is 12.6. The Morgan fingerprint density at radius 3 is 2.90 bits per heavy atom. The van der Waals surface area contributed by atoms with E-state index in [-0.39, 0.29) is 30.4 Å². The van der Waals surface area contributed by atoms with Crippen molar-refractivity contribution in [3.8, 4) is 0 Å². The first-order valence-corrected chi connectivity index (χ1v) is 9.81. The summed E-state index contributed by atoms with van der Waals surface area (Å²) in [6.07, 6.45) is 4.11. The van der Waals surface area contributed by atoms with Gasteiger partial charge in [0, 0.05) is 31.6 Å². The molecule has 29 heavy (non-hydrogen) atoms. The van der Waals surface area contributed by atoms with E-state index < -0.39 is 5.97 Å². The van der Waals surface area contributed by atoms with Crippen molar-refractivity contribution in [3.05, 3.63) is 18.0 Å². The molecule has 0 bridgehead atoms. The number of carbonyl (C=O) groups excluding carboxylic acids is 2. The molecule has 0 aromatic carbocycles. The molecular weight excluding hydrogens is 376 g/mol. The van der Waals surface area contributed by atoms with Crippen LogP contribution in [0.25, 0.3) is 11.0 Å². The highest BCUT2D eigenvalue weighted by atomic mass is 16.5. The first-order valence-electron chi connectivity index (χ1n) is 9.81. The molecule has 0 radical (unpaired) electrons. The average Bonchev–Trinajstić information content (AvgIpc) is 3.28. The van der Waals surface area contributed by atoms with Crippen LogP contribution in [0, 0.1) is 0 Å². The molecule has 158 valence electrons.